The fraction of sp³-hybridized carbons (Fsp3) is 0.485. The van der Waals surface area contributed by atoms with Crippen molar-refractivity contribution in [2.45, 2.75) is 84.1 Å². The molecule has 11 nitrogen and oxygen atoms in total. The lowest BCUT2D eigenvalue weighted by Crippen LogP contribution is -2.58. The Morgan fingerprint density at radius 1 is 0.936 bits per heavy atom. The molecular weight excluding hydrogens is 619 g/mol. The summed E-state index contributed by atoms with van der Waals surface area (Å²) in [6.45, 7) is 7.33. The van der Waals surface area contributed by atoms with Gasteiger partial charge in [0.05, 0.1) is 5.56 Å². The maximum atomic E-state index is 13.6. The Hall–Kier alpha value is -4.46. The third kappa shape index (κ3) is 9.31. The van der Waals surface area contributed by atoms with Gasteiger partial charge < -0.3 is 20.3 Å². The zero-order chi connectivity index (χ0) is 34.3. The third-order valence-electron chi connectivity index (χ3n) is 7.94. The molecule has 0 aliphatic carbocycles. The molecule has 14 heteroatoms. The molecule has 2 aliphatic heterocycles. The number of alkyl carbamates (subject to hydrolysis) is 1. The molecule has 4 rings (SSSR count). The molecular formula is C33H40F3N5O6. The van der Waals surface area contributed by atoms with Crippen LogP contribution in [0.2, 0.25) is 0 Å². The van der Waals surface area contributed by atoms with Gasteiger partial charge in [-0.1, -0.05) is 76.2 Å². The first-order valence-electron chi connectivity index (χ1n) is 15.5. The molecule has 0 bridgehead atoms. The number of amides is 4. The average molecular weight is 660 g/mol. The predicted molar refractivity (Wildman–Crippen MR) is 165 cm³/mol. The highest BCUT2D eigenvalue weighted by atomic mass is 19.4. The van der Waals surface area contributed by atoms with E-state index in [9.17, 15) is 32.3 Å². The fourth-order valence-corrected chi connectivity index (χ4v) is 5.38. The Labute approximate surface area is 271 Å². The van der Waals surface area contributed by atoms with Gasteiger partial charge in [-0.2, -0.15) is 18.2 Å². The van der Waals surface area contributed by atoms with E-state index in [1.165, 1.54) is 17.0 Å². The summed E-state index contributed by atoms with van der Waals surface area (Å²) in [5, 5.41) is 6.27. The summed E-state index contributed by atoms with van der Waals surface area (Å²) in [6.07, 6.45) is -4.15. The van der Waals surface area contributed by atoms with Crippen molar-refractivity contribution in [2.24, 2.45) is 16.8 Å². The van der Waals surface area contributed by atoms with Crippen molar-refractivity contribution >= 4 is 30.2 Å². The van der Waals surface area contributed by atoms with Crippen LogP contribution >= 0.6 is 0 Å². The standard InChI is InChI=1S/C33H40F3N5O6/c1-20(2)27(39-32(45)46-18-22-10-6-5-7-11-22)30(43)40-15-9-14-25(40)29(42)38-28(21(3)4)31(44)41-19-37-26(47-41)17-23-12-8-13-24(16-23)33(34,35)36/h5-8,10-13,16,19-21,25-28H,9,14-15,17-18H2,1-4H3,(H,38,42)(H,39,45)/t25-,26?,27-,28?/m0/s1. The molecule has 2 aromatic rings. The maximum absolute atomic E-state index is 13.6. The lowest BCUT2D eigenvalue weighted by Gasteiger charge is -2.32. The molecule has 2 heterocycles. The van der Waals surface area contributed by atoms with Gasteiger partial charge >= 0.3 is 12.3 Å². The minimum Gasteiger partial charge on any atom is -0.445 e. The molecule has 2 N–H and O–H groups in total. The van der Waals surface area contributed by atoms with Gasteiger partial charge in [-0.05, 0) is 41.9 Å². The number of benzene rings is 2. The molecule has 0 radical (unpaired) electrons. The van der Waals surface area contributed by atoms with Gasteiger partial charge in [0.15, 0.2) is 6.23 Å². The average Bonchev–Trinajstić information content (AvgIpc) is 3.71. The Bertz CT molecular complexity index is 1450. The highest BCUT2D eigenvalue weighted by Gasteiger charge is 2.41. The summed E-state index contributed by atoms with van der Waals surface area (Å²) in [4.78, 5) is 64.3. The summed E-state index contributed by atoms with van der Waals surface area (Å²) < 4.78 is 44.6. The van der Waals surface area contributed by atoms with Gasteiger partial charge in [-0.15, -0.1) is 0 Å². The largest absolute Gasteiger partial charge is 0.445 e. The molecule has 0 saturated carbocycles. The number of nitrogens with zero attached hydrogens (tertiary/aromatic N) is 3. The fourth-order valence-electron chi connectivity index (χ4n) is 5.38. The van der Waals surface area contributed by atoms with E-state index in [0.717, 1.165) is 29.1 Å². The number of ether oxygens (including phenoxy) is 1. The van der Waals surface area contributed by atoms with Crippen molar-refractivity contribution in [3.8, 4) is 0 Å². The van der Waals surface area contributed by atoms with Gasteiger partial charge in [-0.3, -0.25) is 14.4 Å². The second kappa shape index (κ2) is 15.4. The molecule has 2 aromatic carbocycles. The second-order valence-electron chi connectivity index (χ2n) is 12.2. The number of hydrogen-bond acceptors (Lipinski definition) is 7. The van der Waals surface area contributed by atoms with Crippen LogP contribution in [0.4, 0.5) is 18.0 Å². The van der Waals surface area contributed by atoms with Crippen LogP contribution in [0.1, 0.15) is 57.2 Å². The van der Waals surface area contributed by atoms with Crippen molar-refractivity contribution < 1.29 is 41.9 Å². The Balaban J connectivity index is 1.35. The van der Waals surface area contributed by atoms with E-state index < -0.39 is 59.9 Å². The van der Waals surface area contributed by atoms with Crippen molar-refractivity contribution in [2.75, 3.05) is 6.54 Å². The first-order valence-corrected chi connectivity index (χ1v) is 15.5. The molecule has 2 unspecified atom stereocenters. The van der Waals surface area contributed by atoms with Crippen LogP contribution in [0.25, 0.3) is 0 Å². The van der Waals surface area contributed by atoms with Crippen molar-refractivity contribution in [3.63, 3.8) is 0 Å². The summed E-state index contributed by atoms with van der Waals surface area (Å²) >= 11 is 0. The van der Waals surface area contributed by atoms with Gasteiger partial charge in [-0.25, -0.2) is 14.6 Å². The number of aliphatic imine (C=N–C) groups is 1. The monoisotopic (exact) mass is 659 g/mol. The highest BCUT2D eigenvalue weighted by Crippen LogP contribution is 2.30. The number of nitrogens with one attached hydrogen (secondary N) is 2. The van der Waals surface area contributed by atoms with E-state index >= 15 is 0 Å². The topological polar surface area (TPSA) is 130 Å². The summed E-state index contributed by atoms with van der Waals surface area (Å²) in [5.41, 5.74) is 0.317. The Morgan fingerprint density at radius 2 is 1.60 bits per heavy atom. The second-order valence-corrected chi connectivity index (χ2v) is 12.2. The van der Waals surface area contributed by atoms with Crippen LogP contribution in [0.15, 0.2) is 59.6 Å². The van der Waals surface area contributed by atoms with Crippen molar-refractivity contribution in [1.82, 2.24) is 20.6 Å². The number of halogens is 3. The number of carbonyl (C=O) groups is 4. The number of alkyl halides is 3. The van der Waals surface area contributed by atoms with Crippen molar-refractivity contribution in [3.05, 3.63) is 71.3 Å². The van der Waals surface area contributed by atoms with Crippen LogP contribution in [0.3, 0.4) is 0 Å². The van der Waals surface area contributed by atoms with Gasteiger partial charge in [0.2, 0.25) is 11.8 Å². The molecule has 47 heavy (non-hydrogen) atoms. The molecule has 2 aliphatic rings. The van der Waals surface area contributed by atoms with E-state index in [1.54, 1.807) is 27.7 Å². The third-order valence-corrected chi connectivity index (χ3v) is 7.94. The molecule has 254 valence electrons. The number of carbonyl (C=O) groups excluding carboxylic acids is 4. The Morgan fingerprint density at radius 3 is 2.26 bits per heavy atom. The van der Waals surface area contributed by atoms with Crippen LogP contribution < -0.4 is 10.6 Å². The van der Waals surface area contributed by atoms with Crippen LogP contribution in [-0.4, -0.2) is 71.0 Å². The highest BCUT2D eigenvalue weighted by molar-refractivity contribution is 5.96. The lowest BCUT2D eigenvalue weighted by molar-refractivity contribution is -0.171. The van der Waals surface area contributed by atoms with E-state index in [0.29, 0.717) is 24.9 Å². The summed E-state index contributed by atoms with van der Waals surface area (Å²) in [6, 6.07) is 11.0. The first kappa shape index (κ1) is 35.4. The number of likely N-dealkylation sites (tertiary alicyclic amines) is 1. The smallest absolute Gasteiger partial charge is 0.416 e. The minimum atomic E-state index is -4.50. The molecule has 1 saturated heterocycles. The molecule has 4 amide bonds. The first-order chi connectivity index (χ1) is 22.2. The van der Waals surface area contributed by atoms with Gasteiger partial charge in [0, 0.05) is 13.0 Å². The summed E-state index contributed by atoms with van der Waals surface area (Å²) in [5.74, 6) is -2.29. The number of hydrogen-bond donors (Lipinski definition) is 2. The van der Waals surface area contributed by atoms with Gasteiger partial charge in [0.1, 0.15) is 31.1 Å². The molecule has 0 spiro atoms. The zero-order valence-corrected chi connectivity index (χ0v) is 26.7. The van der Waals surface area contributed by atoms with Crippen molar-refractivity contribution in [1.29, 1.82) is 0 Å². The zero-order valence-electron chi connectivity index (χ0n) is 26.7. The maximum Gasteiger partial charge on any atom is 0.416 e. The van der Waals surface area contributed by atoms with E-state index in [1.807, 2.05) is 30.3 Å². The SMILES string of the molecule is CC(C)C(NC(=O)[C@@H]1CCCN1C(=O)[C@@H](NC(=O)OCc1ccccc1)C(C)C)C(=O)N1C=NC(Cc2cccc(C(F)(F)F)c2)O1. The van der Waals surface area contributed by atoms with Gasteiger partial charge in [0.25, 0.3) is 5.91 Å². The van der Waals surface area contributed by atoms with Crippen LogP contribution in [0, 0.1) is 11.8 Å². The molecule has 0 aromatic heterocycles. The lowest BCUT2D eigenvalue weighted by atomic mass is 10.0. The van der Waals surface area contributed by atoms with E-state index in [2.05, 4.69) is 15.6 Å². The van der Waals surface area contributed by atoms with E-state index in [4.69, 9.17) is 9.57 Å². The Kier molecular flexibility index (Phi) is 11.6. The molecule has 4 atom stereocenters. The molecule has 1 fully saturated rings. The quantitative estimate of drug-likeness (QED) is 0.367. The number of rotatable bonds is 11. The minimum absolute atomic E-state index is 0.00704. The van der Waals surface area contributed by atoms with Crippen LogP contribution in [0.5, 0.6) is 0 Å². The number of hydroxylamine groups is 2. The summed E-state index contributed by atoms with van der Waals surface area (Å²) in [7, 11) is 0. The van der Waals surface area contributed by atoms with E-state index in [-0.39, 0.29) is 24.9 Å². The predicted octanol–water partition coefficient (Wildman–Crippen LogP) is 4.46. The van der Waals surface area contributed by atoms with Crippen LogP contribution in [-0.2, 0) is 43.2 Å². The normalized spacial score (nSPS) is 19.2.